The molecule has 1 aliphatic heterocycles. The first kappa shape index (κ1) is 15.8. The second-order valence-corrected chi connectivity index (χ2v) is 6.44. The first-order valence-electron chi connectivity index (χ1n) is 6.93. The molecule has 0 N–H and O–H groups in total. The van der Waals surface area contributed by atoms with Gasteiger partial charge in [0.1, 0.15) is 10.8 Å². The molecule has 21 heavy (non-hydrogen) atoms. The fraction of sp³-hybridized carbons (Fsp3) is 0.643. The van der Waals surface area contributed by atoms with Crippen LogP contribution >= 0.6 is 11.6 Å². The van der Waals surface area contributed by atoms with Gasteiger partial charge < -0.3 is 14.4 Å². The molecule has 0 saturated carbocycles. The Morgan fingerprint density at radius 2 is 2.29 bits per heavy atom. The lowest BCUT2D eigenvalue weighted by molar-refractivity contribution is 0.0284. The Kier molecular flexibility index (Phi) is 4.88. The van der Waals surface area contributed by atoms with Gasteiger partial charge in [0.15, 0.2) is 0 Å². The summed E-state index contributed by atoms with van der Waals surface area (Å²) in [5, 5.41) is 0.349. The number of carbonyl (C=O) groups is 1. The normalized spacial score (nSPS) is 18.7. The molecule has 1 fully saturated rings. The molecule has 116 valence electrons. The summed E-state index contributed by atoms with van der Waals surface area (Å²) in [6.07, 6.45) is 2.15. The zero-order chi connectivity index (χ0) is 15.5. The van der Waals surface area contributed by atoms with E-state index in [1.807, 2.05) is 20.8 Å². The number of hydrogen-bond donors (Lipinski definition) is 0. The molecule has 1 saturated heterocycles. The molecule has 0 unspecified atom stereocenters. The van der Waals surface area contributed by atoms with E-state index < -0.39 is 5.60 Å². The zero-order valence-electron chi connectivity index (χ0n) is 12.5. The van der Waals surface area contributed by atoms with Gasteiger partial charge in [-0.05, 0) is 33.3 Å². The smallest absolute Gasteiger partial charge is 0.410 e. The largest absolute Gasteiger partial charge is 0.463 e. The van der Waals surface area contributed by atoms with Crippen molar-refractivity contribution in [1.29, 1.82) is 0 Å². The maximum Gasteiger partial charge on any atom is 0.410 e. The van der Waals surface area contributed by atoms with Crippen molar-refractivity contribution in [2.45, 2.75) is 32.8 Å². The minimum Gasteiger partial charge on any atom is -0.463 e. The second-order valence-electron chi connectivity index (χ2n) is 6.05. The Hall–Kier alpha value is -1.56. The van der Waals surface area contributed by atoms with Gasteiger partial charge in [0.05, 0.1) is 6.61 Å². The minimum absolute atomic E-state index is 0.250. The van der Waals surface area contributed by atoms with Crippen LogP contribution in [-0.4, -0.2) is 46.3 Å². The number of rotatable bonds is 3. The van der Waals surface area contributed by atoms with E-state index in [9.17, 15) is 4.79 Å². The summed E-state index contributed by atoms with van der Waals surface area (Å²) >= 11 is 5.77. The van der Waals surface area contributed by atoms with Crippen LogP contribution in [0.15, 0.2) is 12.3 Å². The third kappa shape index (κ3) is 5.04. The van der Waals surface area contributed by atoms with Crippen LogP contribution in [0, 0.1) is 5.92 Å². The van der Waals surface area contributed by atoms with Crippen molar-refractivity contribution in [3.05, 3.63) is 17.4 Å². The number of halogens is 1. The van der Waals surface area contributed by atoms with Crippen LogP contribution in [0.3, 0.4) is 0 Å². The van der Waals surface area contributed by atoms with Crippen LogP contribution in [0.25, 0.3) is 0 Å². The van der Waals surface area contributed by atoms with E-state index in [2.05, 4.69) is 9.97 Å². The van der Waals surface area contributed by atoms with Crippen LogP contribution in [0.1, 0.15) is 27.2 Å². The van der Waals surface area contributed by atoms with Crippen LogP contribution in [0.2, 0.25) is 5.15 Å². The first-order valence-corrected chi connectivity index (χ1v) is 7.30. The third-order valence-electron chi connectivity index (χ3n) is 2.99. The molecule has 0 bridgehead atoms. The average Bonchev–Trinajstić information content (AvgIpc) is 2.83. The Balaban J connectivity index is 1.79. The summed E-state index contributed by atoms with van der Waals surface area (Å²) in [4.78, 5) is 21.6. The first-order chi connectivity index (χ1) is 9.83. The van der Waals surface area contributed by atoms with Crippen molar-refractivity contribution >= 4 is 17.7 Å². The number of nitrogens with zero attached hydrogens (tertiary/aromatic N) is 3. The highest BCUT2D eigenvalue weighted by molar-refractivity contribution is 6.29. The van der Waals surface area contributed by atoms with E-state index >= 15 is 0 Å². The van der Waals surface area contributed by atoms with Crippen LogP contribution in [0.5, 0.6) is 6.01 Å². The summed E-state index contributed by atoms with van der Waals surface area (Å²) < 4.78 is 10.9. The molecule has 1 amide bonds. The highest BCUT2D eigenvalue weighted by atomic mass is 35.5. The lowest BCUT2D eigenvalue weighted by Gasteiger charge is -2.24. The quantitative estimate of drug-likeness (QED) is 0.803. The third-order valence-corrected chi connectivity index (χ3v) is 3.20. The lowest BCUT2D eigenvalue weighted by Crippen LogP contribution is -2.35. The monoisotopic (exact) mass is 313 g/mol. The number of hydrogen-bond acceptors (Lipinski definition) is 5. The molecule has 0 spiro atoms. The molecule has 6 nitrogen and oxygen atoms in total. The number of amides is 1. The van der Waals surface area contributed by atoms with Gasteiger partial charge in [0.25, 0.3) is 0 Å². The summed E-state index contributed by atoms with van der Waals surface area (Å²) in [5.74, 6) is 0.250. The summed E-state index contributed by atoms with van der Waals surface area (Å²) in [7, 11) is 0. The van der Waals surface area contributed by atoms with Gasteiger partial charge in [-0.2, -0.15) is 4.98 Å². The van der Waals surface area contributed by atoms with Crippen LogP contribution in [0.4, 0.5) is 4.79 Å². The molecule has 2 heterocycles. The van der Waals surface area contributed by atoms with E-state index in [4.69, 9.17) is 21.1 Å². The Morgan fingerprint density at radius 3 is 2.95 bits per heavy atom. The van der Waals surface area contributed by atoms with Crippen molar-refractivity contribution < 1.29 is 14.3 Å². The average molecular weight is 314 g/mol. The predicted molar refractivity (Wildman–Crippen MR) is 78.5 cm³/mol. The Labute approximate surface area is 129 Å². The molecular weight excluding hydrogens is 294 g/mol. The van der Waals surface area contributed by atoms with Crippen molar-refractivity contribution in [2.75, 3.05) is 19.7 Å². The molecule has 0 radical (unpaired) electrons. The molecule has 1 atom stereocenters. The summed E-state index contributed by atoms with van der Waals surface area (Å²) in [6, 6.07) is 1.85. The molecule has 7 heteroatoms. The maximum atomic E-state index is 11.9. The molecule has 1 aliphatic rings. The van der Waals surface area contributed by atoms with Gasteiger partial charge in [0, 0.05) is 25.2 Å². The SMILES string of the molecule is CC(C)(C)OC(=O)N1CC[C@@H](COc2nccc(Cl)n2)C1. The number of aromatic nitrogens is 2. The van der Waals surface area contributed by atoms with Gasteiger partial charge >= 0.3 is 12.1 Å². The topological polar surface area (TPSA) is 64.5 Å². The van der Waals surface area contributed by atoms with Crippen molar-refractivity contribution in [3.8, 4) is 6.01 Å². The number of carbonyl (C=O) groups excluding carboxylic acids is 1. The Morgan fingerprint density at radius 1 is 1.52 bits per heavy atom. The van der Waals surface area contributed by atoms with Gasteiger partial charge in [-0.25, -0.2) is 9.78 Å². The van der Waals surface area contributed by atoms with Crippen molar-refractivity contribution in [3.63, 3.8) is 0 Å². The van der Waals surface area contributed by atoms with Gasteiger partial charge in [-0.1, -0.05) is 11.6 Å². The molecule has 0 aromatic carbocycles. The van der Waals surface area contributed by atoms with Crippen molar-refractivity contribution in [1.82, 2.24) is 14.9 Å². The summed E-state index contributed by atoms with van der Waals surface area (Å²) in [6.45, 7) is 7.34. The number of ether oxygens (including phenoxy) is 2. The van der Waals surface area contributed by atoms with E-state index in [1.165, 1.54) is 0 Å². The molecule has 1 aromatic heterocycles. The highest BCUT2D eigenvalue weighted by Crippen LogP contribution is 2.20. The van der Waals surface area contributed by atoms with E-state index in [1.54, 1.807) is 17.2 Å². The van der Waals surface area contributed by atoms with Crippen LogP contribution in [-0.2, 0) is 4.74 Å². The van der Waals surface area contributed by atoms with Gasteiger partial charge in [-0.15, -0.1) is 0 Å². The molecule has 2 rings (SSSR count). The van der Waals surface area contributed by atoms with Crippen molar-refractivity contribution in [2.24, 2.45) is 5.92 Å². The second kappa shape index (κ2) is 6.47. The van der Waals surface area contributed by atoms with E-state index in [-0.39, 0.29) is 18.0 Å². The molecular formula is C14H20ClN3O3. The molecule has 1 aromatic rings. The summed E-state index contributed by atoms with van der Waals surface area (Å²) in [5.41, 5.74) is -0.472. The maximum absolute atomic E-state index is 11.9. The fourth-order valence-electron chi connectivity index (χ4n) is 2.04. The van der Waals surface area contributed by atoms with Crippen LogP contribution < -0.4 is 4.74 Å². The van der Waals surface area contributed by atoms with E-state index in [0.717, 1.165) is 6.42 Å². The predicted octanol–water partition coefficient (Wildman–Crippen LogP) is 2.77. The Bertz CT molecular complexity index is 504. The highest BCUT2D eigenvalue weighted by Gasteiger charge is 2.30. The lowest BCUT2D eigenvalue weighted by atomic mass is 10.1. The van der Waals surface area contributed by atoms with Gasteiger partial charge in [0.2, 0.25) is 0 Å². The zero-order valence-corrected chi connectivity index (χ0v) is 13.3. The fourth-order valence-corrected chi connectivity index (χ4v) is 2.17. The standard InChI is InChI=1S/C14H20ClN3O3/c1-14(2,3)21-13(19)18-7-5-10(8-18)9-20-12-16-6-4-11(15)17-12/h4,6,10H,5,7-9H2,1-3H3/t10-/m1/s1. The number of likely N-dealkylation sites (tertiary alicyclic amines) is 1. The minimum atomic E-state index is -0.472. The molecule has 0 aliphatic carbocycles. The van der Waals surface area contributed by atoms with E-state index in [0.29, 0.717) is 24.8 Å². The van der Waals surface area contributed by atoms with Gasteiger partial charge in [-0.3, -0.25) is 0 Å².